The number of hydrogen-bond acceptors (Lipinski definition) is 8. The van der Waals surface area contributed by atoms with Gasteiger partial charge in [-0.2, -0.15) is 10.2 Å². The fourth-order valence-corrected chi connectivity index (χ4v) is 1.37. The number of anilines is 2. The van der Waals surface area contributed by atoms with Crippen LogP contribution in [0.5, 0.6) is 0 Å². The summed E-state index contributed by atoms with van der Waals surface area (Å²) in [6.45, 7) is 0. The summed E-state index contributed by atoms with van der Waals surface area (Å²) < 4.78 is 4.64. The molecule has 0 aliphatic heterocycles. The average molecular weight is 298 g/mol. The van der Waals surface area contributed by atoms with Gasteiger partial charge in [-0.3, -0.25) is 10.9 Å². The molecule has 0 radical (unpaired) electrons. The predicted molar refractivity (Wildman–Crippen MR) is 83.7 cm³/mol. The van der Waals surface area contributed by atoms with E-state index in [1.165, 1.54) is 13.3 Å². The molecule has 22 heavy (non-hydrogen) atoms. The lowest BCUT2D eigenvalue weighted by molar-refractivity contribution is -0.132. The van der Waals surface area contributed by atoms with Crippen molar-refractivity contribution in [2.24, 2.45) is 10.2 Å². The second-order valence-electron chi connectivity index (χ2n) is 3.90. The van der Waals surface area contributed by atoms with Crippen LogP contribution in [-0.4, -0.2) is 35.0 Å². The highest BCUT2D eigenvalue weighted by atomic mass is 16.5. The quantitative estimate of drug-likeness (QED) is 0.476. The highest BCUT2D eigenvalue weighted by molar-refractivity contribution is 6.59. The van der Waals surface area contributed by atoms with Crippen molar-refractivity contribution in [3.8, 4) is 0 Å². The lowest BCUT2D eigenvalue weighted by Crippen LogP contribution is -2.19. The number of carbonyl (C=O) groups excluding carboxylic acids is 1. The van der Waals surface area contributed by atoms with Crippen LogP contribution in [0.1, 0.15) is 0 Å². The van der Waals surface area contributed by atoms with Gasteiger partial charge in [0.15, 0.2) is 5.71 Å². The van der Waals surface area contributed by atoms with Crippen molar-refractivity contribution >= 4 is 29.5 Å². The van der Waals surface area contributed by atoms with Gasteiger partial charge in [-0.1, -0.05) is 12.1 Å². The Morgan fingerprint density at radius 1 is 1.09 bits per heavy atom. The minimum atomic E-state index is -0.630. The van der Waals surface area contributed by atoms with Crippen molar-refractivity contribution < 1.29 is 9.53 Å². The summed E-state index contributed by atoms with van der Waals surface area (Å²) in [5.41, 5.74) is 5.31. The summed E-state index contributed by atoms with van der Waals surface area (Å²) in [7, 11) is 1.26. The monoisotopic (exact) mass is 298 g/mol. The van der Waals surface area contributed by atoms with E-state index in [4.69, 9.17) is 0 Å². The van der Waals surface area contributed by atoms with Crippen molar-refractivity contribution in [2.75, 3.05) is 18.0 Å². The molecule has 0 atom stereocenters. The Morgan fingerprint density at radius 3 is 2.27 bits per heavy atom. The van der Waals surface area contributed by atoms with E-state index >= 15 is 0 Å². The van der Waals surface area contributed by atoms with E-state index < -0.39 is 5.97 Å². The fourth-order valence-electron chi connectivity index (χ4n) is 1.37. The first-order valence-electron chi connectivity index (χ1n) is 6.33. The number of hydrazone groups is 2. The predicted octanol–water partition coefficient (Wildman–Crippen LogP) is 1.52. The van der Waals surface area contributed by atoms with Gasteiger partial charge in [-0.15, -0.1) is 0 Å². The van der Waals surface area contributed by atoms with Crippen molar-refractivity contribution in [3.05, 3.63) is 48.8 Å². The molecule has 0 unspecified atom stereocenters. The van der Waals surface area contributed by atoms with Crippen molar-refractivity contribution in [1.82, 2.24) is 9.97 Å². The first-order valence-corrected chi connectivity index (χ1v) is 6.33. The molecule has 8 heteroatoms. The second-order valence-corrected chi connectivity index (χ2v) is 3.90. The molecule has 2 aromatic rings. The first kappa shape index (κ1) is 15.1. The number of aromatic nitrogens is 2. The van der Waals surface area contributed by atoms with Crippen LogP contribution in [0.15, 0.2) is 59.0 Å². The molecule has 0 aliphatic rings. The number of ether oxygens (including phenoxy) is 1. The molecule has 0 spiro atoms. The number of nitrogens with zero attached hydrogens (tertiary/aromatic N) is 4. The van der Waals surface area contributed by atoms with Gasteiger partial charge in [0.1, 0.15) is 11.6 Å². The maximum absolute atomic E-state index is 11.6. The van der Waals surface area contributed by atoms with Crippen LogP contribution >= 0.6 is 0 Å². The van der Waals surface area contributed by atoms with Gasteiger partial charge in [-0.25, -0.2) is 14.8 Å². The van der Waals surface area contributed by atoms with E-state index in [9.17, 15) is 4.79 Å². The normalized spacial score (nSPS) is 11.2. The third-order valence-electron chi connectivity index (χ3n) is 2.38. The van der Waals surface area contributed by atoms with Gasteiger partial charge in [0.05, 0.1) is 13.3 Å². The van der Waals surface area contributed by atoms with Crippen LogP contribution in [0.4, 0.5) is 11.6 Å². The standard InChI is InChI=1S/C14H14N6O2/c1-22-14(21)11(18-20-13-7-3-5-9-16-13)10-17-19-12-6-2-4-8-15-12/h2-10H,1H3,(H,15,19)(H,16,20)/b17-10+,18-11-. The fraction of sp³-hybridized carbons (Fsp3) is 0.0714. The number of rotatable bonds is 6. The van der Waals surface area contributed by atoms with E-state index in [0.29, 0.717) is 11.6 Å². The van der Waals surface area contributed by atoms with Crippen LogP contribution < -0.4 is 10.9 Å². The molecular weight excluding hydrogens is 284 g/mol. The van der Waals surface area contributed by atoms with E-state index in [1.807, 2.05) is 6.07 Å². The van der Waals surface area contributed by atoms with Crippen LogP contribution in [0.3, 0.4) is 0 Å². The smallest absolute Gasteiger partial charge is 0.360 e. The number of nitrogens with one attached hydrogen (secondary N) is 2. The van der Waals surface area contributed by atoms with E-state index in [-0.39, 0.29) is 5.71 Å². The molecule has 0 aromatic carbocycles. The Bertz CT molecular complexity index is 658. The van der Waals surface area contributed by atoms with Crippen molar-refractivity contribution in [3.63, 3.8) is 0 Å². The molecule has 112 valence electrons. The third kappa shape index (κ3) is 4.67. The molecule has 8 nitrogen and oxygen atoms in total. The molecule has 0 saturated heterocycles. The molecule has 2 aromatic heterocycles. The van der Waals surface area contributed by atoms with E-state index in [0.717, 1.165) is 0 Å². The summed E-state index contributed by atoms with van der Waals surface area (Å²) in [5.74, 6) is 0.408. The second kappa shape index (κ2) is 8.10. The lowest BCUT2D eigenvalue weighted by atomic mass is 10.4. The molecule has 2 N–H and O–H groups in total. The van der Waals surface area contributed by atoms with Gasteiger partial charge in [0.25, 0.3) is 0 Å². The molecule has 0 bridgehead atoms. The van der Waals surface area contributed by atoms with Gasteiger partial charge in [-0.05, 0) is 24.3 Å². The van der Waals surface area contributed by atoms with E-state index in [1.54, 1.807) is 42.7 Å². The summed E-state index contributed by atoms with van der Waals surface area (Å²) in [6, 6.07) is 10.6. The van der Waals surface area contributed by atoms with Gasteiger partial charge < -0.3 is 4.74 Å². The van der Waals surface area contributed by atoms with Gasteiger partial charge in [0.2, 0.25) is 0 Å². The largest absolute Gasteiger partial charge is 0.464 e. The van der Waals surface area contributed by atoms with Gasteiger partial charge >= 0.3 is 5.97 Å². The minimum Gasteiger partial charge on any atom is -0.464 e. The zero-order chi connectivity index (χ0) is 15.6. The Kier molecular flexibility index (Phi) is 5.56. The molecule has 2 rings (SSSR count). The van der Waals surface area contributed by atoms with Crippen LogP contribution in [-0.2, 0) is 9.53 Å². The van der Waals surface area contributed by atoms with Crippen LogP contribution in [0, 0.1) is 0 Å². The zero-order valence-corrected chi connectivity index (χ0v) is 11.8. The van der Waals surface area contributed by atoms with Crippen LogP contribution in [0.2, 0.25) is 0 Å². The maximum atomic E-state index is 11.6. The Balaban J connectivity index is 2.04. The van der Waals surface area contributed by atoms with Crippen LogP contribution in [0.25, 0.3) is 0 Å². The number of hydrogen-bond donors (Lipinski definition) is 2. The summed E-state index contributed by atoms with van der Waals surface area (Å²) in [6.07, 6.45) is 4.46. The summed E-state index contributed by atoms with van der Waals surface area (Å²) >= 11 is 0. The van der Waals surface area contributed by atoms with Gasteiger partial charge in [0, 0.05) is 12.4 Å². The Labute approximate surface area is 126 Å². The zero-order valence-electron chi connectivity index (χ0n) is 11.8. The topological polar surface area (TPSA) is 101 Å². The molecule has 0 amide bonds. The molecule has 0 saturated carbocycles. The van der Waals surface area contributed by atoms with Crippen molar-refractivity contribution in [1.29, 1.82) is 0 Å². The minimum absolute atomic E-state index is 0.0171. The number of esters is 1. The highest BCUT2D eigenvalue weighted by Gasteiger charge is 2.09. The Morgan fingerprint density at radius 2 is 1.73 bits per heavy atom. The molecule has 0 aliphatic carbocycles. The van der Waals surface area contributed by atoms with E-state index in [2.05, 4.69) is 35.8 Å². The third-order valence-corrected chi connectivity index (χ3v) is 2.38. The van der Waals surface area contributed by atoms with Crippen molar-refractivity contribution in [2.45, 2.75) is 0 Å². The SMILES string of the molecule is COC(=O)C(/C=N/Nc1ccccn1)=N\Nc1ccccn1. The summed E-state index contributed by atoms with van der Waals surface area (Å²) in [5, 5.41) is 7.81. The first-order chi connectivity index (χ1) is 10.8. The average Bonchev–Trinajstić information content (AvgIpc) is 2.59. The Hall–Kier alpha value is -3.29. The maximum Gasteiger partial charge on any atom is 0.360 e. The number of methoxy groups -OCH3 is 1. The number of pyridine rings is 2. The molecule has 0 fully saturated rings. The summed E-state index contributed by atoms with van der Waals surface area (Å²) in [4.78, 5) is 19.7. The molecular formula is C14H14N6O2. The number of carbonyl (C=O) groups is 1. The lowest BCUT2D eigenvalue weighted by Gasteiger charge is -2.02. The highest BCUT2D eigenvalue weighted by Crippen LogP contribution is 2.00. The molecule has 2 heterocycles.